The van der Waals surface area contributed by atoms with Gasteiger partial charge in [0.2, 0.25) is 0 Å². The summed E-state index contributed by atoms with van der Waals surface area (Å²) in [5, 5.41) is 10.4. The highest BCUT2D eigenvalue weighted by Gasteiger charge is 2.12. The first-order valence-electron chi connectivity index (χ1n) is 6.18. The van der Waals surface area contributed by atoms with Crippen molar-refractivity contribution in [3.8, 4) is 5.75 Å². The average Bonchev–Trinajstić information content (AvgIpc) is 2.42. The fourth-order valence-corrected chi connectivity index (χ4v) is 2.50. The Hall–Kier alpha value is -1.32. The first kappa shape index (κ1) is 14.1. The highest BCUT2D eigenvalue weighted by Crippen LogP contribution is 2.27. The molecule has 0 saturated heterocycles. The van der Waals surface area contributed by atoms with Crippen molar-refractivity contribution < 1.29 is 9.84 Å². The van der Waals surface area contributed by atoms with Gasteiger partial charge in [0.15, 0.2) is 0 Å². The summed E-state index contributed by atoms with van der Waals surface area (Å²) < 4.78 is 6.22. The number of hydrogen-bond acceptors (Lipinski definition) is 2. The molecule has 0 aliphatic carbocycles. The van der Waals surface area contributed by atoms with Crippen LogP contribution >= 0.6 is 15.9 Å². The summed E-state index contributed by atoms with van der Waals surface area (Å²) in [4.78, 5) is 0. The molecule has 100 valence electrons. The summed E-state index contributed by atoms with van der Waals surface area (Å²) in [5.41, 5.74) is 3.10. The van der Waals surface area contributed by atoms with E-state index in [1.807, 2.05) is 49.4 Å². The molecule has 19 heavy (non-hydrogen) atoms. The van der Waals surface area contributed by atoms with Crippen LogP contribution in [0.1, 0.15) is 22.8 Å². The van der Waals surface area contributed by atoms with Crippen molar-refractivity contribution in [1.29, 1.82) is 0 Å². The van der Waals surface area contributed by atoms with E-state index in [1.54, 1.807) is 7.11 Å². The fourth-order valence-electron chi connectivity index (χ4n) is 2.12. The van der Waals surface area contributed by atoms with Crippen molar-refractivity contribution in [3.63, 3.8) is 0 Å². The Morgan fingerprint density at radius 3 is 2.68 bits per heavy atom. The highest BCUT2D eigenvalue weighted by atomic mass is 79.9. The van der Waals surface area contributed by atoms with E-state index < -0.39 is 6.10 Å². The maximum Gasteiger partial charge on any atom is 0.119 e. The molecule has 0 saturated carbocycles. The van der Waals surface area contributed by atoms with E-state index in [0.717, 1.165) is 26.9 Å². The van der Waals surface area contributed by atoms with E-state index in [1.165, 1.54) is 0 Å². The van der Waals surface area contributed by atoms with E-state index in [9.17, 15) is 5.11 Å². The molecule has 0 amide bonds. The number of rotatable bonds is 4. The van der Waals surface area contributed by atoms with Crippen LogP contribution in [0.25, 0.3) is 0 Å². The van der Waals surface area contributed by atoms with Gasteiger partial charge in [-0.1, -0.05) is 40.2 Å². The Balaban J connectivity index is 2.20. The van der Waals surface area contributed by atoms with E-state index in [-0.39, 0.29) is 0 Å². The van der Waals surface area contributed by atoms with Gasteiger partial charge >= 0.3 is 0 Å². The van der Waals surface area contributed by atoms with Gasteiger partial charge in [0.05, 0.1) is 13.2 Å². The summed E-state index contributed by atoms with van der Waals surface area (Å²) in [6, 6.07) is 13.7. The summed E-state index contributed by atoms with van der Waals surface area (Å²) in [6.45, 7) is 2.01. The number of aliphatic hydroxyl groups is 1. The van der Waals surface area contributed by atoms with Crippen LogP contribution in [0.5, 0.6) is 5.75 Å². The number of aliphatic hydroxyl groups excluding tert-OH is 1. The predicted molar refractivity (Wildman–Crippen MR) is 80.5 cm³/mol. The number of hydrogen-bond donors (Lipinski definition) is 1. The smallest absolute Gasteiger partial charge is 0.119 e. The minimum Gasteiger partial charge on any atom is -0.497 e. The maximum absolute atomic E-state index is 10.4. The molecule has 0 radical (unpaired) electrons. The maximum atomic E-state index is 10.4. The van der Waals surface area contributed by atoms with E-state index in [0.29, 0.717) is 6.42 Å². The average molecular weight is 321 g/mol. The molecule has 0 spiro atoms. The first-order chi connectivity index (χ1) is 9.11. The third-order valence-electron chi connectivity index (χ3n) is 3.23. The van der Waals surface area contributed by atoms with Crippen LogP contribution in [0.4, 0.5) is 0 Å². The Morgan fingerprint density at radius 2 is 1.95 bits per heavy atom. The lowest BCUT2D eigenvalue weighted by molar-refractivity contribution is 0.177. The van der Waals surface area contributed by atoms with Crippen molar-refractivity contribution in [1.82, 2.24) is 0 Å². The van der Waals surface area contributed by atoms with Gasteiger partial charge in [-0.05, 0) is 41.8 Å². The Bertz CT molecular complexity index is 566. The minimum absolute atomic E-state index is 0.510. The van der Waals surface area contributed by atoms with Crippen LogP contribution in [0.3, 0.4) is 0 Å². The van der Waals surface area contributed by atoms with Crippen molar-refractivity contribution in [3.05, 3.63) is 63.6 Å². The third kappa shape index (κ3) is 3.37. The second-order valence-corrected chi connectivity index (χ2v) is 5.38. The van der Waals surface area contributed by atoms with E-state index >= 15 is 0 Å². The Labute approximate surface area is 122 Å². The molecule has 1 atom stereocenters. The molecule has 0 aliphatic rings. The normalized spacial score (nSPS) is 12.2. The van der Waals surface area contributed by atoms with Crippen molar-refractivity contribution in [2.24, 2.45) is 0 Å². The number of halogens is 1. The number of benzene rings is 2. The zero-order valence-corrected chi connectivity index (χ0v) is 12.6. The summed E-state index contributed by atoms with van der Waals surface area (Å²) >= 11 is 3.49. The van der Waals surface area contributed by atoms with Gasteiger partial charge in [-0.3, -0.25) is 0 Å². The summed E-state index contributed by atoms with van der Waals surface area (Å²) in [5.74, 6) is 0.815. The molecular formula is C16H17BrO2. The lowest BCUT2D eigenvalue weighted by Gasteiger charge is -2.15. The molecule has 2 aromatic carbocycles. The molecular weight excluding hydrogens is 304 g/mol. The van der Waals surface area contributed by atoms with Gasteiger partial charge in [-0.2, -0.15) is 0 Å². The molecule has 0 aliphatic heterocycles. The molecule has 0 heterocycles. The summed E-state index contributed by atoms with van der Waals surface area (Å²) in [6.07, 6.45) is 0.0682. The molecule has 1 N–H and O–H groups in total. The Kier molecular flexibility index (Phi) is 4.61. The SMILES string of the molecule is COc1cccc(CC(O)c2cccc(Br)c2C)c1. The van der Waals surface area contributed by atoms with Gasteiger partial charge in [-0.15, -0.1) is 0 Å². The lowest BCUT2D eigenvalue weighted by Crippen LogP contribution is -2.04. The van der Waals surface area contributed by atoms with Crippen molar-refractivity contribution >= 4 is 15.9 Å². The number of ether oxygens (including phenoxy) is 1. The largest absolute Gasteiger partial charge is 0.497 e. The van der Waals surface area contributed by atoms with Gasteiger partial charge < -0.3 is 9.84 Å². The molecule has 2 aromatic rings. The van der Waals surface area contributed by atoms with Crippen LogP contribution in [0, 0.1) is 6.92 Å². The van der Waals surface area contributed by atoms with Crippen LogP contribution < -0.4 is 4.74 Å². The molecule has 0 bridgehead atoms. The highest BCUT2D eigenvalue weighted by molar-refractivity contribution is 9.10. The predicted octanol–water partition coefficient (Wildman–Crippen LogP) is 4.04. The molecule has 0 aromatic heterocycles. The fraction of sp³-hybridized carbons (Fsp3) is 0.250. The molecule has 1 unspecified atom stereocenters. The van der Waals surface area contributed by atoms with Crippen LogP contribution in [0.2, 0.25) is 0 Å². The quantitative estimate of drug-likeness (QED) is 0.921. The van der Waals surface area contributed by atoms with E-state index in [4.69, 9.17) is 4.74 Å². The zero-order chi connectivity index (χ0) is 13.8. The molecule has 2 rings (SSSR count). The van der Waals surface area contributed by atoms with Crippen molar-refractivity contribution in [2.45, 2.75) is 19.4 Å². The molecule has 2 nitrogen and oxygen atoms in total. The van der Waals surface area contributed by atoms with Crippen LogP contribution in [0.15, 0.2) is 46.9 Å². The third-order valence-corrected chi connectivity index (χ3v) is 4.09. The van der Waals surface area contributed by atoms with Crippen molar-refractivity contribution in [2.75, 3.05) is 7.11 Å². The summed E-state index contributed by atoms with van der Waals surface area (Å²) in [7, 11) is 1.65. The van der Waals surface area contributed by atoms with Gasteiger partial charge in [0.1, 0.15) is 5.75 Å². The van der Waals surface area contributed by atoms with Gasteiger partial charge in [-0.25, -0.2) is 0 Å². The second kappa shape index (κ2) is 6.22. The van der Waals surface area contributed by atoms with Gasteiger partial charge in [0.25, 0.3) is 0 Å². The monoisotopic (exact) mass is 320 g/mol. The van der Waals surface area contributed by atoms with Crippen LogP contribution in [-0.4, -0.2) is 12.2 Å². The molecule has 3 heteroatoms. The standard InChI is InChI=1S/C16H17BrO2/c1-11-14(7-4-8-15(11)17)16(18)10-12-5-3-6-13(9-12)19-2/h3-9,16,18H,10H2,1-2H3. The molecule has 0 fully saturated rings. The topological polar surface area (TPSA) is 29.5 Å². The number of methoxy groups -OCH3 is 1. The minimum atomic E-state index is -0.510. The van der Waals surface area contributed by atoms with Gasteiger partial charge in [0, 0.05) is 10.9 Å². The Morgan fingerprint density at radius 1 is 1.21 bits per heavy atom. The van der Waals surface area contributed by atoms with E-state index in [2.05, 4.69) is 15.9 Å². The van der Waals surface area contributed by atoms with Crippen LogP contribution in [-0.2, 0) is 6.42 Å². The zero-order valence-electron chi connectivity index (χ0n) is 11.1. The lowest BCUT2D eigenvalue weighted by atomic mass is 9.98. The second-order valence-electron chi connectivity index (χ2n) is 4.53. The first-order valence-corrected chi connectivity index (χ1v) is 6.97.